The van der Waals surface area contributed by atoms with Gasteiger partial charge in [0.05, 0.1) is 24.4 Å². The van der Waals surface area contributed by atoms with Crippen molar-refractivity contribution in [2.45, 2.75) is 39.3 Å². The molecule has 0 aliphatic carbocycles. The molecule has 0 fully saturated rings. The average molecular weight is 382 g/mol. The molecular formula is C22H26N2O4. The highest BCUT2D eigenvalue weighted by molar-refractivity contribution is 5.80. The van der Waals surface area contributed by atoms with Gasteiger partial charge in [0, 0.05) is 6.92 Å². The maximum atomic E-state index is 12.7. The Morgan fingerprint density at radius 3 is 2.07 bits per heavy atom. The first-order chi connectivity index (χ1) is 13.3. The summed E-state index contributed by atoms with van der Waals surface area (Å²) in [7, 11) is 0. The van der Waals surface area contributed by atoms with Gasteiger partial charge in [0.25, 0.3) is 0 Å². The molecule has 2 aromatic carbocycles. The fourth-order valence-corrected chi connectivity index (χ4v) is 3.01. The summed E-state index contributed by atoms with van der Waals surface area (Å²) in [6.45, 7) is 4.92. The number of aliphatic carboxylic acids is 1. The quantitative estimate of drug-likeness (QED) is 0.654. The predicted octanol–water partition coefficient (Wildman–Crippen LogP) is 3.14. The van der Waals surface area contributed by atoms with Crippen LogP contribution in [0.5, 0.6) is 0 Å². The lowest BCUT2D eigenvalue weighted by molar-refractivity contribution is -0.142. The van der Waals surface area contributed by atoms with Crippen LogP contribution in [0.3, 0.4) is 0 Å². The van der Waals surface area contributed by atoms with E-state index in [-0.39, 0.29) is 18.2 Å². The van der Waals surface area contributed by atoms with Crippen molar-refractivity contribution >= 4 is 17.8 Å². The molecule has 0 aromatic heterocycles. The molecule has 0 spiro atoms. The van der Waals surface area contributed by atoms with Crippen molar-refractivity contribution in [3.05, 3.63) is 71.3 Å². The monoisotopic (exact) mass is 382 g/mol. The van der Waals surface area contributed by atoms with Gasteiger partial charge < -0.3 is 15.7 Å². The van der Waals surface area contributed by atoms with Gasteiger partial charge in [-0.15, -0.1) is 0 Å². The minimum absolute atomic E-state index is 0.0122. The number of hydrogen-bond acceptors (Lipinski definition) is 3. The van der Waals surface area contributed by atoms with Gasteiger partial charge in [-0.25, -0.2) is 0 Å². The van der Waals surface area contributed by atoms with Crippen LogP contribution in [0.2, 0.25) is 0 Å². The number of carboxylic acids is 1. The SMILES string of the molecule is CC(=O)NC(CC(=O)NC(c1ccccc1)C(C)C(=O)O)c1ccc(C)cc1. The van der Waals surface area contributed by atoms with E-state index >= 15 is 0 Å². The van der Waals surface area contributed by atoms with Crippen molar-refractivity contribution in [1.29, 1.82) is 0 Å². The third-order valence-corrected chi connectivity index (χ3v) is 4.61. The van der Waals surface area contributed by atoms with Crippen molar-refractivity contribution in [3.8, 4) is 0 Å². The summed E-state index contributed by atoms with van der Waals surface area (Å²) < 4.78 is 0. The minimum Gasteiger partial charge on any atom is -0.481 e. The zero-order valence-corrected chi connectivity index (χ0v) is 16.3. The second-order valence-electron chi connectivity index (χ2n) is 6.95. The van der Waals surface area contributed by atoms with Crippen LogP contribution in [-0.4, -0.2) is 22.9 Å². The number of nitrogens with one attached hydrogen (secondary N) is 2. The van der Waals surface area contributed by atoms with Crippen LogP contribution in [0.1, 0.15) is 49.0 Å². The first-order valence-corrected chi connectivity index (χ1v) is 9.18. The molecule has 3 atom stereocenters. The maximum absolute atomic E-state index is 12.7. The van der Waals surface area contributed by atoms with Gasteiger partial charge in [0.15, 0.2) is 0 Å². The Hall–Kier alpha value is -3.15. The minimum atomic E-state index is -0.994. The van der Waals surface area contributed by atoms with E-state index in [9.17, 15) is 19.5 Å². The van der Waals surface area contributed by atoms with Gasteiger partial charge >= 0.3 is 5.97 Å². The predicted molar refractivity (Wildman–Crippen MR) is 106 cm³/mol. The summed E-state index contributed by atoms with van der Waals surface area (Å²) in [6.07, 6.45) is 0.0122. The highest BCUT2D eigenvalue weighted by Crippen LogP contribution is 2.24. The van der Waals surface area contributed by atoms with Gasteiger partial charge in [0.2, 0.25) is 11.8 Å². The number of carboxylic acid groups (broad SMARTS) is 1. The van der Waals surface area contributed by atoms with E-state index in [0.29, 0.717) is 0 Å². The summed E-state index contributed by atoms with van der Waals surface area (Å²) >= 11 is 0. The number of rotatable bonds is 8. The highest BCUT2D eigenvalue weighted by atomic mass is 16.4. The van der Waals surface area contributed by atoms with Crippen LogP contribution in [-0.2, 0) is 14.4 Å². The number of benzene rings is 2. The summed E-state index contributed by atoms with van der Waals surface area (Å²) in [6, 6.07) is 15.4. The first-order valence-electron chi connectivity index (χ1n) is 9.18. The van der Waals surface area contributed by atoms with Crippen molar-refractivity contribution in [1.82, 2.24) is 10.6 Å². The van der Waals surface area contributed by atoms with E-state index in [1.807, 2.05) is 37.3 Å². The summed E-state index contributed by atoms with van der Waals surface area (Å²) in [5.41, 5.74) is 2.62. The molecule has 6 heteroatoms. The smallest absolute Gasteiger partial charge is 0.308 e. The molecule has 0 aliphatic rings. The van der Waals surface area contributed by atoms with Crippen molar-refractivity contribution in [3.63, 3.8) is 0 Å². The summed E-state index contributed by atoms with van der Waals surface area (Å²) in [5.74, 6) is -2.37. The molecule has 3 N–H and O–H groups in total. The molecule has 2 amide bonds. The second kappa shape index (κ2) is 9.69. The zero-order chi connectivity index (χ0) is 20.7. The summed E-state index contributed by atoms with van der Waals surface area (Å²) in [5, 5.41) is 15.0. The fraction of sp³-hybridized carbons (Fsp3) is 0.318. The average Bonchev–Trinajstić information content (AvgIpc) is 2.66. The molecular weight excluding hydrogens is 356 g/mol. The number of carbonyl (C=O) groups excluding carboxylic acids is 2. The molecule has 0 bridgehead atoms. The highest BCUT2D eigenvalue weighted by Gasteiger charge is 2.28. The lowest BCUT2D eigenvalue weighted by Crippen LogP contribution is -2.38. The van der Waals surface area contributed by atoms with Gasteiger partial charge in [-0.05, 0) is 25.0 Å². The molecule has 0 aliphatic heterocycles. The molecule has 3 unspecified atom stereocenters. The normalized spacial score (nSPS) is 13.8. The number of carbonyl (C=O) groups is 3. The topological polar surface area (TPSA) is 95.5 Å². The zero-order valence-electron chi connectivity index (χ0n) is 16.3. The number of aryl methyl sites for hydroxylation is 1. The third-order valence-electron chi connectivity index (χ3n) is 4.61. The Morgan fingerprint density at radius 1 is 0.929 bits per heavy atom. The maximum Gasteiger partial charge on any atom is 0.308 e. The molecule has 6 nitrogen and oxygen atoms in total. The molecule has 28 heavy (non-hydrogen) atoms. The number of amides is 2. The molecule has 0 radical (unpaired) electrons. The van der Waals surface area contributed by atoms with Gasteiger partial charge in [-0.1, -0.05) is 60.2 Å². The molecule has 0 saturated carbocycles. The van der Waals surface area contributed by atoms with Crippen LogP contribution in [0.25, 0.3) is 0 Å². The van der Waals surface area contributed by atoms with Gasteiger partial charge in [0.1, 0.15) is 0 Å². The van der Waals surface area contributed by atoms with E-state index in [4.69, 9.17) is 0 Å². The van der Waals surface area contributed by atoms with Crippen LogP contribution in [0.15, 0.2) is 54.6 Å². The van der Waals surface area contributed by atoms with Crippen LogP contribution in [0, 0.1) is 12.8 Å². The van der Waals surface area contributed by atoms with Crippen LogP contribution < -0.4 is 10.6 Å². The van der Waals surface area contributed by atoms with E-state index in [1.165, 1.54) is 6.92 Å². The van der Waals surface area contributed by atoms with E-state index in [0.717, 1.165) is 16.7 Å². The fourth-order valence-electron chi connectivity index (χ4n) is 3.01. The summed E-state index contributed by atoms with van der Waals surface area (Å²) in [4.78, 5) is 35.8. The van der Waals surface area contributed by atoms with Crippen molar-refractivity contribution in [2.24, 2.45) is 5.92 Å². The lowest BCUT2D eigenvalue weighted by atomic mass is 9.94. The van der Waals surface area contributed by atoms with E-state index in [2.05, 4.69) is 10.6 Å². The molecule has 2 aromatic rings. The van der Waals surface area contributed by atoms with E-state index < -0.39 is 24.0 Å². The van der Waals surface area contributed by atoms with Crippen molar-refractivity contribution < 1.29 is 19.5 Å². The third kappa shape index (κ3) is 5.94. The number of hydrogen-bond donors (Lipinski definition) is 3. The lowest BCUT2D eigenvalue weighted by Gasteiger charge is -2.25. The van der Waals surface area contributed by atoms with E-state index in [1.54, 1.807) is 31.2 Å². The standard InChI is InChI=1S/C22H26N2O4/c1-14-9-11-17(12-10-14)19(23-16(3)25)13-20(26)24-21(15(2)22(27)28)18-7-5-4-6-8-18/h4-12,15,19,21H,13H2,1-3H3,(H,23,25)(H,24,26)(H,27,28). The molecule has 0 saturated heterocycles. The van der Waals surface area contributed by atoms with Gasteiger partial charge in [-0.2, -0.15) is 0 Å². The van der Waals surface area contributed by atoms with Gasteiger partial charge in [-0.3, -0.25) is 14.4 Å². The Labute approximate surface area is 165 Å². The molecule has 148 valence electrons. The van der Waals surface area contributed by atoms with Crippen LogP contribution >= 0.6 is 0 Å². The second-order valence-corrected chi connectivity index (χ2v) is 6.95. The molecule has 0 heterocycles. The Morgan fingerprint density at radius 2 is 1.54 bits per heavy atom. The largest absolute Gasteiger partial charge is 0.481 e. The Kier molecular flexibility index (Phi) is 7.32. The molecule has 2 rings (SSSR count). The van der Waals surface area contributed by atoms with Crippen molar-refractivity contribution in [2.75, 3.05) is 0 Å². The van der Waals surface area contributed by atoms with Crippen LogP contribution in [0.4, 0.5) is 0 Å². The first kappa shape index (κ1) is 21.2. The Balaban J connectivity index is 2.19. The Bertz CT molecular complexity index is 818.